The number of aromatic nitrogens is 2. The second-order valence-corrected chi connectivity index (χ2v) is 7.33. The minimum Gasteiger partial charge on any atom is -0.496 e. The number of ether oxygens (including phenoxy) is 1. The molecule has 0 N–H and O–H groups in total. The maximum Gasteiger partial charge on any atom is 0.270 e. The summed E-state index contributed by atoms with van der Waals surface area (Å²) in [7, 11) is 1.62. The van der Waals surface area contributed by atoms with Gasteiger partial charge in [0.05, 0.1) is 18.8 Å². The van der Waals surface area contributed by atoms with Crippen molar-refractivity contribution in [3.63, 3.8) is 0 Å². The highest BCUT2D eigenvalue weighted by Crippen LogP contribution is 2.34. The first-order valence-electron chi connectivity index (χ1n) is 9.98. The van der Waals surface area contributed by atoms with E-state index in [1.807, 2.05) is 51.1 Å². The number of benzene rings is 2. The van der Waals surface area contributed by atoms with Gasteiger partial charge in [0.1, 0.15) is 11.6 Å². The Morgan fingerprint density at radius 3 is 2.52 bits per heavy atom. The van der Waals surface area contributed by atoms with Gasteiger partial charge in [-0.3, -0.25) is 4.79 Å². The van der Waals surface area contributed by atoms with E-state index >= 15 is 0 Å². The lowest BCUT2D eigenvalue weighted by atomic mass is 9.93. The van der Waals surface area contributed by atoms with E-state index in [2.05, 4.69) is 5.10 Å². The zero-order valence-corrected chi connectivity index (χ0v) is 17.4. The molecule has 0 bridgehead atoms. The van der Waals surface area contributed by atoms with Crippen molar-refractivity contribution in [2.75, 3.05) is 7.11 Å². The average molecular weight is 394 g/mol. The van der Waals surface area contributed by atoms with E-state index in [1.165, 1.54) is 12.1 Å². The minimum atomic E-state index is -0.268. The lowest BCUT2D eigenvalue weighted by molar-refractivity contribution is 0.416. The number of halogens is 1. The average Bonchev–Trinajstić information content (AvgIpc) is 2.72. The maximum atomic E-state index is 13.6. The Hall–Kier alpha value is -2.95. The Bertz CT molecular complexity index is 1060. The van der Waals surface area contributed by atoms with Crippen LogP contribution in [0.2, 0.25) is 0 Å². The number of para-hydroxylation sites is 1. The van der Waals surface area contributed by atoms with Crippen LogP contribution in [0.1, 0.15) is 43.6 Å². The molecule has 0 saturated heterocycles. The summed E-state index contributed by atoms with van der Waals surface area (Å²) in [5.41, 5.74) is 4.01. The van der Waals surface area contributed by atoms with Gasteiger partial charge < -0.3 is 4.74 Å². The van der Waals surface area contributed by atoms with Crippen molar-refractivity contribution in [2.24, 2.45) is 0 Å². The summed E-state index contributed by atoms with van der Waals surface area (Å²) in [6.45, 7) is 5.94. The zero-order valence-electron chi connectivity index (χ0n) is 17.4. The monoisotopic (exact) mass is 394 g/mol. The second kappa shape index (κ2) is 9.03. The number of rotatable bonds is 7. The maximum absolute atomic E-state index is 13.6. The van der Waals surface area contributed by atoms with Crippen LogP contribution in [0.4, 0.5) is 4.39 Å². The third-order valence-corrected chi connectivity index (χ3v) is 5.04. The molecular formula is C24H27FN2O2. The lowest BCUT2D eigenvalue weighted by Gasteiger charge is -2.19. The van der Waals surface area contributed by atoms with Gasteiger partial charge in [0.2, 0.25) is 0 Å². The molecule has 0 unspecified atom stereocenters. The van der Waals surface area contributed by atoms with Crippen LogP contribution >= 0.6 is 0 Å². The summed E-state index contributed by atoms with van der Waals surface area (Å²) >= 11 is 0. The van der Waals surface area contributed by atoms with Gasteiger partial charge in [0.25, 0.3) is 5.56 Å². The predicted molar refractivity (Wildman–Crippen MR) is 114 cm³/mol. The van der Waals surface area contributed by atoms with E-state index in [9.17, 15) is 9.18 Å². The molecule has 29 heavy (non-hydrogen) atoms. The Morgan fingerprint density at radius 1 is 1.10 bits per heavy atom. The minimum absolute atomic E-state index is 0.0487. The molecule has 0 radical (unpaired) electrons. The van der Waals surface area contributed by atoms with Crippen molar-refractivity contribution in [2.45, 2.75) is 46.1 Å². The first-order chi connectivity index (χ1) is 14.0. The molecule has 2 aromatic carbocycles. The molecule has 3 rings (SSSR count). The molecule has 0 amide bonds. The van der Waals surface area contributed by atoms with Crippen LogP contribution < -0.4 is 10.3 Å². The van der Waals surface area contributed by atoms with Crippen molar-refractivity contribution in [3.8, 4) is 16.9 Å². The fraction of sp³-hybridized carbons (Fsp3) is 0.333. The van der Waals surface area contributed by atoms with E-state index in [4.69, 9.17) is 4.74 Å². The molecule has 0 aliphatic rings. The number of methoxy groups -OCH3 is 1. The van der Waals surface area contributed by atoms with Gasteiger partial charge in [-0.15, -0.1) is 0 Å². The Balaban J connectivity index is 2.20. The first kappa shape index (κ1) is 20.8. The summed E-state index contributed by atoms with van der Waals surface area (Å²) in [5.74, 6) is 0.439. The highest BCUT2D eigenvalue weighted by atomic mass is 19.1. The number of nitrogens with zero attached hydrogens (tertiary/aromatic N) is 2. The normalized spacial score (nSPS) is 11.1. The molecule has 1 aromatic heterocycles. The second-order valence-electron chi connectivity index (χ2n) is 7.33. The topological polar surface area (TPSA) is 44.1 Å². The van der Waals surface area contributed by atoms with E-state index in [0.717, 1.165) is 22.4 Å². The van der Waals surface area contributed by atoms with Gasteiger partial charge in [-0.25, -0.2) is 9.07 Å². The smallest absolute Gasteiger partial charge is 0.270 e. The van der Waals surface area contributed by atoms with E-state index in [-0.39, 0.29) is 17.4 Å². The van der Waals surface area contributed by atoms with Crippen molar-refractivity contribution in [3.05, 3.63) is 81.5 Å². The van der Waals surface area contributed by atoms with Crippen molar-refractivity contribution in [1.29, 1.82) is 0 Å². The third-order valence-electron chi connectivity index (χ3n) is 5.04. The highest BCUT2D eigenvalue weighted by molar-refractivity contribution is 5.75. The number of hydrogen-bond donors (Lipinski definition) is 0. The SMILES string of the molecule is CCc1nn(C(C)C)c(=O)c(CCc2cccc(F)c2)c1-c1ccccc1OC. The van der Waals surface area contributed by atoms with Crippen LogP contribution in [0, 0.1) is 5.82 Å². The summed E-state index contributed by atoms with van der Waals surface area (Å²) in [4.78, 5) is 13.3. The number of hydrogen-bond acceptors (Lipinski definition) is 3. The molecule has 3 aromatic rings. The van der Waals surface area contributed by atoms with Crippen molar-refractivity contribution < 1.29 is 9.13 Å². The zero-order chi connectivity index (χ0) is 21.0. The Morgan fingerprint density at radius 2 is 1.86 bits per heavy atom. The standard InChI is InChI=1S/C24H27FN2O2/c1-5-21-23(19-11-6-7-12-22(19)29-4)20(24(28)27(26-21)16(2)3)14-13-17-9-8-10-18(25)15-17/h6-12,15-16H,5,13-14H2,1-4H3. The molecule has 0 saturated carbocycles. The largest absolute Gasteiger partial charge is 0.496 e. The number of aryl methyl sites for hydroxylation is 2. The summed E-state index contributed by atoms with van der Waals surface area (Å²) in [6, 6.07) is 14.2. The highest BCUT2D eigenvalue weighted by Gasteiger charge is 2.21. The van der Waals surface area contributed by atoms with Gasteiger partial charge in [-0.1, -0.05) is 37.3 Å². The fourth-order valence-electron chi connectivity index (χ4n) is 3.61. The molecule has 0 atom stereocenters. The van der Waals surface area contributed by atoms with Gasteiger partial charge >= 0.3 is 0 Å². The van der Waals surface area contributed by atoms with E-state index in [0.29, 0.717) is 30.6 Å². The van der Waals surface area contributed by atoms with Gasteiger partial charge in [-0.05, 0) is 56.9 Å². The van der Waals surface area contributed by atoms with E-state index < -0.39 is 0 Å². The van der Waals surface area contributed by atoms with Gasteiger partial charge in [0.15, 0.2) is 0 Å². The van der Waals surface area contributed by atoms with E-state index in [1.54, 1.807) is 17.9 Å². The summed E-state index contributed by atoms with van der Waals surface area (Å²) in [5, 5.41) is 4.66. The lowest BCUT2D eigenvalue weighted by Crippen LogP contribution is -2.30. The molecule has 4 nitrogen and oxygen atoms in total. The van der Waals surface area contributed by atoms with Crippen LogP contribution in [0.15, 0.2) is 53.3 Å². The van der Waals surface area contributed by atoms with Crippen molar-refractivity contribution >= 4 is 0 Å². The molecule has 0 aliphatic heterocycles. The molecule has 152 valence electrons. The van der Waals surface area contributed by atoms with Crippen LogP contribution in [0.5, 0.6) is 5.75 Å². The Labute approximate surface area is 171 Å². The molecule has 1 heterocycles. The molecule has 0 aliphatic carbocycles. The quantitative estimate of drug-likeness (QED) is 0.567. The van der Waals surface area contributed by atoms with Gasteiger partial charge in [0, 0.05) is 16.7 Å². The van der Waals surface area contributed by atoms with Crippen LogP contribution in [-0.2, 0) is 19.3 Å². The molecule has 5 heteroatoms. The molecule has 0 spiro atoms. The van der Waals surface area contributed by atoms with Crippen molar-refractivity contribution in [1.82, 2.24) is 9.78 Å². The first-order valence-corrected chi connectivity index (χ1v) is 9.98. The van der Waals surface area contributed by atoms with Crippen LogP contribution in [0.3, 0.4) is 0 Å². The van der Waals surface area contributed by atoms with Crippen LogP contribution in [-0.4, -0.2) is 16.9 Å². The predicted octanol–water partition coefficient (Wildman–Crippen LogP) is 4.99. The summed E-state index contributed by atoms with van der Waals surface area (Å²) in [6.07, 6.45) is 1.76. The van der Waals surface area contributed by atoms with Crippen LogP contribution in [0.25, 0.3) is 11.1 Å². The Kier molecular flexibility index (Phi) is 6.47. The third kappa shape index (κ3) is 4.39. The van der Waals surface area contributed by atoms with Gasteiger partial charge in [-0.2, -0.15) is 5.10 Å². The molecular weight excluding hydrogens is 367 g/mol. The summed E-state index contributed by atoms with van der Waals surface area (Å²) < 4.78 is 20.7. The fourth-order valence-corrected chi connectivity index (χ4v) is 3.61. The molecule has 0 fully saturated rings.